The molecule has 0 spiro atoms. The lowest BCUT2D eigenvalue weighted by Gasteiger charge is -2.57. The van der Waals surface area contributed by atoms with Crippen molar-refractivity contribution in [3.8, 4) is 12.3 Å². The lowest BCUT2D eigenvalue weighted by molar-refractivity contribution is -0.130. The van der Waals surface area contributed by atoms with Crippen LogP contribution >= 0.6 is 0 Å². The van der Waals surface area contributed by atoms with E-state index in [0.29, 0.717) is 0 Å². The number of benzene rings is 2. The van der Waals surface area contributed by atoms with Crippen molar-refractivity contribution in [2.24, 2.45) is 17.8 Å². The molecule has 2 aromatic rings. The largest absolute Gasteiger partial charge is 0.396 e. The minimum absolute atomic E-state index is 0.0870. The Hall–Kier alpha value is -2.77. The first-order chi connectivity index (χ1) is 19.0. The summed E-state index contributed by atoms with van der Waals surface area (Å²) in [5.74, 6) is 4.97. The van der Waals surface area contributed by atoms with Crippen LogP contribution in [0.5, 0.6) is 0 Å². The third kappa shape index (κ3) is 5.23. The molecule has 7 rings (SSSR count). The second-order valence-electron chi connectivity index (χ2n) is 13.1. The minimum atomic E-state index is -0.216. The summed E-state index contributed by atoms with van der Waals surface area (Å²) < 4.78 is 0. The Kier molecular flexibility index (Phi) is 7.47. The van der Waals surface area contributed by atoms with E-state index in [1.54, 1.807) is 0 Å². The Balaban J connectivity index is 1.31. The molecule has 5 aliphatic rings. The fraction of sp³-hybridized carbons (Fsp3) is 0.571. The van der Waals surface area contributed by atoms with Crippen molar-refractivity contribution in [1.82, 2.24) is 4.90 Å². The van der Waals surface area contributed by atoms with Crippen LogP contribution in [0.4, 0.5) is 5.69 Å². The number of carbonyl (C=O) groups is 1. The summed E-state index contributed by atoms with van der Waals surface area (Å²) in [5.41, 5.74) is 6.35. The highest BCUT2D eigenvalue weighted by atomic mass is 16.2. The number of anilines is 1. The third-order valence-corrected chi connectivity index (χ3v) is 10.2. The van der Waals surface area contributed by atoms with E-state index in [1.165, 1.54) is 60.9 Å². The molecule has 206 valence electrons. The highest BCUT2D eigenvalue weighted by molar-refractivity contribution is 5.94. The smallest absolute Gasteiger partial charge is 0.299 e. The maximum Gasteiger partial charge on any atom is 0.299 e. The van der Waals surface area contributed by atoms with Gasteiger partial charge in [-0.1, -0.05) is 50.1 Å². The number of terminal acetylenes is 1. The van der Waals surface area contributed by atoms with Crippen molar-refractivity contribution in [2.75, 3.05) is 11.9 Å². The number of rotatable bonds is 9. The van der Waals surface area contributed by atoms with Gasteiger partial charge in [0.05, 0.1) is 6.04 Å². The highest BCUT2D eigenvalue weighted by Gasteiger charge is 2.51. The zero-order valence-corrected chi connectivity index (χ0v) is 23.5. The van der Waals surface area contributed by atoms with Crippen LogP contribution in [0.3, 0.4) is 0 Å². The number of fused-ring (bicyclic) bond motifs is 1. The number of aliphatic hydroxyl groups excluding tert-OH is 1. The van der Waals surface area contributed by atoms with Gasteiger partial charge in [0.15, 0.2) is 0 Å². The van der Waals surface area contributed by atoms with E-state index in [4.69, 9.17) is 6.42 Å². The molecule has 1 heterocycles. The molecule has 1 amide bonds. The number of hydrogen-bond donors (Lipinski definition) is 2. The van der Waals surface area contributed by atoms with Crippen LogP contribution in [0.25, 0.3) is 0 Å². The van der Waals surface area contributed by atoms with Gasteiger partial charge in [-0.25, -0.2) is 0 Å². The van der Waals surface area contributed by atoms with E-state index < -0.39 is 0 Å². The van der Waals surface area contributed by atoms with Gasteiger partial charge in [0, 0.05) is 23.9 Å². The van der Waals surface area contributed by atoms with Gasteiger partial charge in [-0.15, -0.1) is 6.42 Å². The summed E-state index contributed by atoms with van der Waals surface area (Å²) in [4.78, 5) is 15.3. The normalized spacial score (nSPS) is 30.6. The molecule has 4 heteroatoms. The first-order valence-electron chi connectivity index (χ1n) is 15.4. The number of hydrogen-bond acceptors (Lipinski definition) is 3. The molecule has 1 aliphatic heterocycles. The Morgan fingerprint density at radius 2 is 1.74 bits per heavy atom. The van der Waals surface area contributed by atoms with E-state index in [2.05, 4.69) is 60.6 Å². The number of nitrogens with zero attached hydrogens (tertiary/aromatic N) is 1. The van der Waals surface area contributed by atoms with Crippen LogP contribution < -0.4 is 5.32 Å². The number of aryl methyl sites for hydroxylation is 1. The highest BCUT2D eigenvalue weighted by Crippen LogP contribution is 2.56. The van der Waals surface area contributed by atoms with Crippen LogP contribution in [0, 0.1) is 30.1 Å². The molecule has 39 heavy (non-hydrogen) atoms. The summed E-state index contributed by atoms with van der Waals surface area (Å²) in [6, 6.07) is 15.5. The molecular weight excluding hydrogens is 480 g/mol. The van der Waals surface area contributed by atoms with Gasteiger partial charge in [-0.05, 0) is 122 Å². The van der Waals surface area contributed by atoms with Crippen molar-refractivity contribution in [2.45, 2.75) is 102 Å². The van der Waals surface area contributed by atoms with Gasteiger partial charge in [-0.2, -0.15) is 0 Å². The first-order valence-corrected chi connectivity index (χ1v) is 15.4. The first kappa shape index (κ1) is 26.5. The topological polar surface area (TPSA) is 52.6 Å². The fourth-order valence-corrected chi connectivity index (χ4v) is 8.95. The molecule has 0 saturated heterocycles. The number of nitrogens with one attached hydrogen (secondary N) is 1. The lowest BCUT2D eigenvalue weighted by Crippen LogP contribution is -2.54. The average molecular weight is 525 g/mol. The molecule has 4 nitrogen and oxygen atoms in total. The second-order valence-corrected chi connectivity index (χ2v) is 13.1. The number of amides is 1. The second kappa shape index (κ2) is 11.0. The summed E-state index contributed by atoms with van der Waals surface area (Å²) >= 11 is 0. The van der Waals surface area contributed by atoms with E-state index in [9.17, 15) is 9.90 Å². The average Bonchev–Trinajstić information content (AvgIpc) is 2.93. The van der Waals surface area contributed by atoms with Crippen molar-refractivity contribution in [3.63, 3.8) is 0 Å². The minimum Gasteiger partial charge on any atom is -0.396 e. The van der Waals surface area contributed by atoms with E-state index in [1.807, 2.05) is 4.90 Å². The number of aliphatic hydroxyl groups is 1. The van der Waals surface area contributed by atoms with Crippen molar-refractivity contribution < 1.29 is 9.90 Å². The Morgan fingerprint density at radius 3 is 2.36 bits per heavy atom. The van der Waals surface area contributed by atoms with Crippen LogP contribution in [-0.2, 0) is 17.6 Å². The van der Waals surface area contributed by atoms with Crippen LogP contribution in [0.15, 0.2) is 42.5 Å². The van der Waals surface area contributed by atoms with Gasteiger partial charge in [0.25, 0.3) is 5.91 Å². The standard InChI is InChI=1S/C35H44N2O2/c1-3-5-8-31-20-29-19-24(7-6-15-38)9-14-32(29)34(37(31)33(39)4-2)28-10-12-30(13-11-28)36-35-21-25-16-26(22-35)18-27(17-25)23-35/h2,9-14,19,25-27,31,34,36,38H,3,5-8,15-18,20-23H2,1H3/t25?,26?,27?,31-,34-,35?/m0/s1. The Labute approximate surface area is 234 Å². The molecule has 4 fully saturated rings. The van der Waals surface area contributed by atoms with Gasteiger partial charge in [0.2, 0.25) is 0 Å². The molecule has 4 aliphatic carbocycles. The van der Waals surface area contributed by atoms with Crippen LogP contribution in [0.2, 0.25) is 0 Å². The predicted octanol–water partition coefficient (Wildman–Crippen LogP) is 6.66. The van der Waals surface area contributed by atoms with Crippen molar-refractivity contribution in [1.29, 1.82) is 0 Å². The van der Waals surface area contributed by atoms with Gasteiger partial charge in [-0.3, -0.25) is 4.79 Å². The zero-order valence-electron chi connectivity index (χ0n) is 23.5. The quantitative estimate of drug-likeness (QED) is 0.361. The Bertz CT molecular complexity index is 1190. The fourth-order valence-electron chi connectivity index (χ4n) is 8.95. The zero-order chi connectivity index (χ0) is 27.0. The number of carbonyl (C=O) groups excluding carboxylic acids is 1. The van der Waals surface area contributed by atoms with Crippen LogP contribution in [0.1, 0.15) is 99.4 Å². The Morgan fingerprint density at radius 1 is 1.05 bits per heavy atom. The predicted molar refractivity (Wildman–Crippen MR) is 157 cm³/mol. The molecule has 0 aromatic heterocycles. The van der Waals surface area contributed by atoms with Crippen molar-refractivity contribution >= 4 is 11.6 Å². The molecule has 4 saturated carbocycles. The summed E-state index contributed by atoms with van der Waals surface area (Å²) in [7, 11) is 0. The van der Waals surface area contributed by atoms with E-state index in [-0.39, 0.29) is 30.1 Å². The summed E-state index contributed by atoms with van der Waals surface area (Å²) in [6.07, 6.45) is 19.6. The van der Waals surface area contributed by atoms with E-state index >= 15 is 0 Å². The third-order valence-electron chi connectivity index (χ3n) is 10.2. The molecule has 2 N–H and O–H groups in total. The van der Waals surface area contributed by atoms with Crippen molar-refractivity contribution in [3.05, 3.63) is 64.7 Å². The molecular formula is C35H44N2O2. The maximum absolute atomic E-state index is 13.3. The monoisotopic (exact) mass is 524 g/mol. The number of unbranched alkanes of at least 4 members (excludes halogenated alkanes) is 1. The maximum atomic E-state index is 13.3. The van der Waals surface area contributed by atoms with Crippen LogP contribution in [-0.4, -0.2) is 34.1 Å². The molecule has 2 aromatic carbocycles. The van der Waals surface area contributed by atoms with Gasteiger partial charge in [0.1, 0.15) is 0 Å². The van der Waals surface area contributed by atoms with E-state index in [0.717, 1.165) is 61.8 Å². The molecule has 4 bridgehead atoms. The van der Waals surface area contributed by atoms with Gasteiger partial charge < -0.3 is 15.3 Å². The lowest BCUT2D eigenvalue weighted by atomic mass is 9.53. The molecule has 0 radical (unpaired) electrons. The summed E-state index contributed by atoms with van der Waals surface area (Å²) in [6.45, 7) is 2.40. The van der Waals surface area contributed by atoms with Gasteiger partial charge >= 0.3 is 0 Å². The SMILES string of the molecule is C#CC(=O)N1[C@@H](CCCC)Cc2cc(CCCO)ccc2[C@@H]1c1ccc(NC23CC4CC(CC(C4)C2)C3)cc1. The molecule has 2 atom stereocenters. The summed E-state index contributed by atoms with van der Waals surface area (Å²) in [5, 5.41) is 13.4. The molecule has 0 unspecified atom stereocenters.